The second kappa shape index (κ2) is 12.4. The maximum atomic E-state index is 13.9. The Morgan fingerprint density at radius 3 is 2.37 bits per heavy atom. The molecule has 0 bridgehead atoms. The van der Waals surface area contributed by atoms with Gasteiger partial charge in [0.05, 0.1) is 32.1 Å². The minimum atomic E-state index is -1.21. The molecule has 0 saturated heterocycles. The number of carbonyl (C=O) groups excluding carboxylic acids is 3. The Kier molecular flexibility index (Phi) is 8.47. The molecule has 9 nitrogen and oxygen atoms in total. The third kappa shape index (κ3) is 5.73. The van der Waals surface area contributed by atoms with E-state index in [1.165, 1.54) is 13.2 Å². The van der Waals surface area contributed by atoms with Crippen molar-refractivity contribution in [2.75, 3.05) is 20.3 Å². The van der Waals surface area contributed by atoms with Crippen molar-refractivity contribution in [3.05, 3.63) is 107 Å². The number of amides is 2. The van der Waals surface area contributed by atoms with Crippen molar-refractivity contribution in [3.63, 3.8) is 0 Å². The van der Waals surface area contributed by atoms with E-state index in [-0.39, 0.29) is 37.6 Å². The van der Waals surface area contributed by atoms with Crippen molar-refractivity contribution in [2.24, 2.45) is 0 Å². The van der Waals surface area contributed by atoms with Gasteiger partial charge in [-0.3, -0.25) is 14.4 Å². The highest BCUT2D eigenvalue weighted by molar-refractivity contribution is 5.96. The quantitative estimate of drug-likeness (QED) is 0.328. The molecular formula is C32H32N2O7. The highest BCUT2D eigenvalue weighted by Crippen LogP contribution is 2.51. The predicted molar refractivity (Wildman–Crippen MR) is 151 cm³/mol. The summed E-state index contributed by atoms with van der Waals surface area (Å²) >= 11 is 0. The smallest absolute Gasteiger partial charge is 0.247 e. The number of rotatable bonds is 10. The molecule has 1 heterocycles. The van der Waals surface area contributed by atoms with Gasteiger partial charge in [-0.1, -0.05) is 60.7 Å². The van der Waals surface area contributed by atoms with Crippen LogP contribution in [0.25, 0.3) is 0 Å². The van der Waals surface area contributed by atoms with E-state index in [0.717, 1.165) is 11.1 Å². The summed E-state index contributed by atoms with van der Waals surface area (Å²) < 4.78 is 11.7. The van der Waals surface area contributed by atoms with Gasteiger partial charge in [0, 0.05) is 29.8 Å². The lowest BCUT2D eigenvalue weighted by Crippen LogP contribution is -2.55. The van der Waals surface area contributed by atoms with E-state index >= 15 is 0 Å². The number of benzene rings is 3. The molecule has 4 atom stereocenters. The fourth-order valence-corrected chi connectivity index (χ4v) is 5.57. The molecule has 2 aliphatic rings. The van der Waals surface area contributed by atoms with Gasteiger partial charge in [-0.25, -0.2) is 0 Å². The number of methoxy groups -OCH3 is 1. The molecule has 0 saturated carbocycles. The van der Waals surface area contributed by atoms with Gasteiger partial charge in [0.2, 0.25) is 11.8 Å². The zero-order chi connectivity index (χ0) is 28.9. The first-order chi connectivity index (χ1) is 19.9. The molecule has 3 N–H and O–H groups in total. The average molecular weight is 557 g/mol. The lowest BCUT2D eigenvalue weighted by atomic mass is 9.77. The summed E-state index contributed by atoms with van der Waals surface area (Å²) in [7, 11) is 1.45. The van der Waals surface area contributed by atoms with Crippen molar-refractivity contribution in [1.82, 2.24) is 10.2 Å². The molecule has 0 fully saturated rings. The Hall–Kier alpha value is -4.47. The molecule has 5 rings (SSSR count). The van der Waals surface area contributed by atoms with Crippen LogP contribution in [0.2, 0.25) is 0 Å². The average Bonchev–Trinajstić information content (AvgIpc) is 3.39. The van der Waals surface area contributed by atoms with Crippen molar-refractivity contribution in [2.45, 2.75) is 37.1 Å². The van der Waals surface area contributed by atoms with Crippen molar-refractivity contribution in [1.29, 1.82) is 0 Å². The van der Waals surface area contributed by atoms with Crippen LogP contribution < -0.4 is 14.8 Å². The first-order valence-electron chi connectivity index (χ1n) is 13.4. The summed E-state index contributed by atoms with van der Waals surface area (Å²) in [4.78, 5) is 40.6. The third-order valence-electron chi connectivity index (χ3n) is 7.49. The van der Waals surface area contributed by atoms with E-state index < -0.39 is 30.1 Å². The van der Waals surface area contributed by atoms with E-state index in [4.69, 9.17) is 9.47 Å². The molecule has 0 spiro atoms. The van der Waals surface area contributed by atoms with E-state index in [9.17, 15) is 24.6 Å². The summed E-state index contributed by atoms with van der Waals surface area (Å²) in [6.07, 6.45) is 0.242. The van der Waals surface area contributed by atoms with Gasteiger partial charge in [0.15, 0.2) is 11.5 Å². The minimum Gasteiger partial charge on any atom is -0.493 e. The van der Waals surface area contributed by atoms with Gasteiger partial charge in [0.25, 0.3) is 0 Å². The Bertz CT molecular complexity index is 1440. The number of nitrogens with one attached hydrogen (secondary N) is 1. The number of aliphatic hydroxyl groups is 2. The second-order valence-corrected chi connectivity index (χ2v) is 10.1. The number of ether oxygens (including phenoxy) is 2. The molecule has 2 amide bonds. The monoisotopic (exact) mass is 556 g/mol. The molecule has 41 heavy (non-hydrogen) atoms. The fourth-order valence-electron chi connectivity index (χ4n) is 5.57. The highest BCUT2D eigenvalue weighted by Gasteiger charge is 2.51. The lowest BCUT2D eigenvalue weighted by Gasteiger charge is -2.41. The molecule has 212 valence electrons. The minimum absolute atomic E-state index is 0.0207. The van der Waals surface area contributed by atoms with Gasteiger partial charge >= 0.3 is 0 Å². The summed E-state index contributed by atoms with van der Waals surface area (Å²) in [5, 5.41) is 23.8. The molecule has 1 aliphatic carbocycles. The summed E-state index contributed by atoms with van der Waals surface area (Å²) in [5.41, 5.74) is 2.81. The number of hydrogen-bond acceptors (Lipinski definition) is 7. The van der Waals surface area contributed by atoms with Gasteiger partial charge in [0.1, 0.15) is 18.5 Å². The summed E-state index contributed by atoms with van der Waals surface area (Å²) in [6.45, 7) is -0.0445. The first-order valence-corrected chi connectivity index (χ1v) is 13.4. The third-order valence-corrected chi connectivity index (χ3v) is 7.49. The number of hydrogen-bond donors (Lipinski definition) is 3. The van der Waals surface area contributed by atoms with Gasteiger partial charge in [-0.2, -0.15) is 0 Å². The molecule has 0 radical (unpaired) electrons. The van der Waals surface area contributed by atoms with Crippen LogP contribution in [-0.2, 0) is 22.6 Å². The normalized spacial score (nSPS) is 20.6. The first kappa shape index (κ1) is 28.1. The Balaban J connectivity index is 1.59. The Labute approximate surface area is 238 Å². The second-order valence-electron chi connectivity index (χ2n) is 10.1. The molecule has 4 unspecified atom stereocenters. The molecule has 1 aliphatic heterocycles. The van der Waals surface area contributed by atoms with Crippen molar-refractivity contribution >= 4 is 18.1 Å². The van der Waals surface area contributed by atoms with Gasteiger partial charge in [-0.05, 0) is 29.3 Å². The predicted octanol–water partition coefficient (Wildman–Crippen LogP) is 2.40. The zero-order valence-electron chi connectivity index (χ0n) is 22.6. The van der Waals surface area contributed by atoms with Crippen LogP contribution in [0.4, 0.5) is 0 Å². The fraction of sp³-hybridized carbons (Fsp3) is 0.281. The standard InChI is InChI=1S/C32H32N2O7/c1-40-26-15-22(19-36)14-23-28-24(32(39)33-12-13-35)17-25(29(38)31(28)41-30(23)26)34(18-21-10-6-3-7-11-21)27(37)16-20-8-4-2-5-9-20/h2-11,14-15,17,19,25,28-29,31,35,38H,12-13,16,18H2,1H3,(H,33,39). The van der Waals surface area contributed by atoms with Crippen LogP contribution in [0, 0.1) is 0 Å². The largest absolute Gasteiger partial charge is 0.493 e. The topological polar surface area (TPSA) is 125 Å². The molecule has 9 heteroatoms. The van der Waals surface area contributed by atoms with Crippen molar-refractivity contribution < 1.29 is 34.1 Å². The molecular weight excluding hydrogens is 524 g/mol. The number of nitrogens with zero attached hydrogens (tertiary/aromatic N) is 1. The van der Waals surface area contributed by atoms with Crippen LogP contribution in [0.5, 0.6) is 11.5 Å². The van der Waals surface area contributed by atoms with E-state index in [2.05, 4.69) is 5.32 Å². The molecule has 0 aromatic heterocycles. The van der Waals surface area contributed by atoms with Crippen LogP contribution in [0.15, 0.2) is 84.4 Å². The Morgan fingerprint density at radius 1 is 1.05 bits per heavy atom. The van der Waals surface area contributed by atoms with Crippen LogP contribution in [0.1, 0.15) is 33.0 Å². The zero-order valence-corrected chi connectivity index (χ0v) is 22.6. The number of carbonyl (C=O) groups is 3. The van der Waals surface area contributed by atoms with E-state index in [0.29, 0.717) is 28.9 Å². The van der Waals surface area contributed by atoms with Gasteiger partial charge in [-0.15, -0.1) is 0 Å². The lowest BCUT2D eigenvalue weighted by molar-refractivity contribution is -0.137. The number of aldehydes is 1. The number of aliphatic hydroxyl groups excluding tert-OH is 2. The van der Waals surface area contributed by atoms with Crippen LogP contribution in [0.3, 0.4) is 0 Å². The molecule has 3 aromatic carbocycles. The van der Waals surface area contributed by atoms with Gasteiger partial charge < -0.3 is 29.9 Å². The Morgan fingerprint density at radius 2 is 1.73 bits per heavy atom. The number of fused-ring (bicyclic) bond motifs is 3. The summed E-state index contributed by atoms with van der Waals surface area (Å²) in [5.74, 6) is -0.789. The van der Waals surface area contributed by atoms with Crippen LogP contribution >= 0.6 is 0 Å². The molecule has 3 aromatic rings. The summed E-state index contributed by atoms with van der Waals surface area (Å²) in [6, 6.07) is 21.0. The highest BCUT2D eigenvalue weighted by atomic mass is 16.5. The van der Waals surface area contributed by atoms with E-state index in [1.807, 2.05) is 60.7 Å². The van der Waals surface area contributed by atoms with Crippen molar-refractivity contribution in [3.8, 4) is 11.5 Å². The maximum Gasteiger partial charge on any atom is 0.247 e. The van der Waals surface area contributed by atoms with E-state index in [1.54, 1.807) is 17.0 Å². The van der Waals surface area contributed by atoms with Crippen LogP contribution in [-0.4, -0.2) is 71.7 Å². The maximum absolute atomic E-state index is 13.9. The SMILES string of the molecule is COc1cc(C=O)cc2c1OC1C2C(C(=O)NCCO)=CC(N(Cc2ccccc2)C(=O)Cc2ccccc2)C1O.